The Morgan fingerprint density at radius 1 is 0.967 bits per heavy atom. The molecule has 4 aliphatic rings. The van der Waals surface area contributed by atoms with Crippen molar-refractivity contribution in [3.63, 3.8) is 0 Å². The Balaban J connectivity index is 1.32. The minimum Gasteiger partial charge on any atom is -0.508 e. The lowest BCUT2D eigenvalue weighted by molar-refractivity contribution is -0.00613. The number of benzene rings is 2. The SMILES string of the molecule is CCOC(=O)c1ccc(/C=C/c2ccc(C34CC5CC(CC(C5)C3)C4)c(O)c2)cc1. The summed E-state index contributed by atoms with van der Waals surface area (Å²) in [6.45, 7) is 2.18. The second-order valence-electron chi connectivity index (χ2n) is 9.65. The van der Waals surface area contributed by atoms with Crippen molar-refractivity contribution in [1.29, 1.82) is 0 Å². The molecule has 0 aromatic heterocycles. The summed E-state index contributed by atoms with van der Waals surface area (Å²) in [7, 11) is 0. The maximum atomic E-state index is 11.8. The molecule has 2 aromatic rings. The van der Waals surface area contributed by atoms with Crippen molar-refractivity contribution in [2.75, 3.05) is 6.61 Å². The molecule has 2 aromatic carbocycles. The van der Waals surface area contributed by atoms with Gasteiger partial charge >= 0.3 is 5.97 Å². The predicted octanol–water partition coefficient (Wildman–Crippen LogP) is 6.21. The van der Waals surface area contributed by atoms with Crippen LogP contribution in [0.3, 0.4) is 0 Å². The van der Waals surface area contributed by atoms with Crippen molar-refractivity contribution in [2.24, 2.45) is 17.8 Å². The average molecular weight is 403 g/mol. The molecule has 6 rings (SSSR count). The molecule has 4 aliphatic carbocycles. The van der Waals surface area contributed by atoms with Crippen LogP contribution in [0, 0.1) is 17.8 Å². The van der Waals surface area contributed by atoms with Crippen molar-refractivity contribution in [1.82, 2.24) is 0 Å². The van der Waals surface area contributed by atoms with Crippen LogP contribution in [-0.2, 0) is 10.2 Å². The molecular formula is C27H30O3. The van der Waals surface area contributed by atoms with Gasteiger partial charge in [-0.05, 0) is 97.9 Å². The second-order valence-corrected chi connectivity index (χ2v) is 9.65. The van der Waals surface area contributed by atoms with E-state index >= 15 is 0 Å². The monoisotopic (exact) mass is 402 g/mol. The lowest BCUT2D eigenvalue weighted by Crippen LogP contribution is -2.48. The number of ether oxygens (including phenoxy) is 1. The number of aromatic hydroxyl groups is 1. The first-order valence-corrected chi connectivity index (χ1v) is 11.3. The molecule has 0 saturated heterocycles. The number of phenols is 1. The zero-order chi connectivity index (χ0) is 20.7. The lowest BCUT2D eigenvalue weighted by atomic mass is 9.48. The number of carbonyl (C=O) groups excluding carboxylic acids is 1. The Morgan fingerprint density at radius 2 is 1.53 bits per heavy atom. The first-order valence-electron chi connectivity index (χ1n) is 11.3. The minimum absolute atomic E-state index is 0.212. The second kappa shape index (κ2) is 7.61. The van der Waals surface area contributed by atoms with Crippen LogP contribution in [0.5, 0.6) is 5.75 Å². The highest BCUT2D eigenvalue weighted by atomic mass is 16.5. The molecule has 0 aliphatic heterocycles. The largest absolute Gasteiger partial charge is 0.508 e. The Kier molecular flexibility index (Phi) is 4.92. The zero-order valence-corrected chi connectivity index (χ0v) is 17.6. The van der Waals surface area contributed by atoms with E-state index in [9.17, 15) is 9.90 Å². The Labute approximate surface area is 178 Å². The fraction of sp³-hybridized carbons (Fsp3) is 0.444. The van der Waals surface area contributed by atoms with Crippen molar-refractivity contribution >= 4 is 18.1 Å². The van der Waals surface area contributed by atoms with Gasteiger partial charge in [0.2, 0.25) is 0 Å². The Bertz CT molecular complexity index is 935. The molecule has 30 heavy (non-hydrogen) atoms. The van der Waals surface area contributed by atoms with Gasteiger partial charge in [-0.25, -0.2) is 4.79 Å². The van der Waals surface area contributed by atoms with E-state index in [4.69, 9.17) is 4.74 Å². The third-order valence-corrected chi connectivity index (χ3v) is 7.52. The topological polar surface area (TPSA) is 46.5 Å². The molecule has 4 saturated carbocycles. The van der Waals surface area contributed by atoms with E-state index in [-0.39, 0.29) is 11.4 Å². The van der Waals surface area contributed by atoms with E-state index in [2.05, 4.69) is 12.1 Å². The van der Waals surface area contributed by atoms with E-state index in [0.717, 1.165) is 28.9 Å². The van der Waals surface area contributed by atoms with E-state index in [0.29, 0.717) is 17.9 Å². The predicted molar refractivity (Wildman–Crippen MR) is 119 cm³/mol. The van der Waals surface area contributed by atoms with Gasteiger partial charge in [0, 0.05) is 5.56 Å². The molecule has 0 heterocycles. The van der Waals surface area contributed by atoms with E-state index in [1.54, 1.807) is 19.1 Å². The fourth-order valence-electron chi connectivity index (χ4n) is 6.68. The maximum absolute atomic E-state index is 11.8. The smallest absolute Gasteiger partial charge is 0.338 e. The minimum atomic E-state index is -0.293. The van der Waals surface area contributed by atoms with Crippen LogP contribution in [0.2, 0.25) is 0 Å². The van der Waals surface area contributed by atoms with Crippen LogP contribution in [0.1, 0.15) is 72.5 Å². The van der Waals surface area contributed by atoms with Gasteiger partial charge in [-0.3, -0.25) is 0 Å². The van der Waals surface area contributed by atoms with Gasteiger partial charge in [0.1, 0.15) is 5.75 Å². The van der Waals surface area contributed by atoms with Gasteiger partial charge in [0.25, 0.3) is 0 Å². The standard InChI is InChI=1S/C27H30O3/c1-2-30-26(29)23-8-5-18(6-9-23)3-4-19-7-10-24(25(28)14-19)27-15-20-11-21(16-27)13-22(12-20)17-27/h3-10,14,20-22,28H,2,11-13,15-17H2,1H3/b4-3+. The first-order chi connectivity index (χ1) is 14.5. The van der Waals surface area contributed by atoms with E-state index in [1.807, 2.05) is 30.4 Å². The number of rotatable bonds is 5. The van der Waals surface area contributed by atoms with Crippen LogP contribution in [0.25, 0.3) is 12.2 Å². The van der Waals surface area contributed by atoms with E-state index in [1.165, 1.54) is 44.1 Å². The molecule has 4 fully saturated rings. The molecule has 3 nitrogen and oxygen atoms in total. The van der Waals surface area contributed by atoms with Gasteiger partial charge in [0.15, 0.2) is 0 Å². The van der Waals surface area contributed by atoms with Gasteiger partial charge in [-0.2, -0.15) is 0 Å². The van der Waals surface area contributed by atoms with Crippen molar-refractivity contribution in [3.8, 4) is 5.75 Å². The average Bonchev–Trinajstić information content (AvgIpc) is 2.72. The van der Waals surface area contributed by atoms with Gasteiger partial charge in [-0.1, -0.05) is 36.4 Å². The van der Waals surface area contributed by atoms with Crippen LogP contribution in [0.15, 0.2) is 42.5 Å². The van der Waals surface area contributed by atoms with Crippen LogP contribution in [0.4, 0.5) is 0 Å². The Morgan fingerprint density at radius 3 is 2.10 bits per heavy atom. The van der Waals surface area contributed by atoms with Gasteiger partial charge < -0.3 is 9.84 Å². The third-order valence-electron chi connectivity index (χ3n) is 7.52. The number of esters is 1. The number of hydrogen-bond donors (Lipinski definition) is 1. The van der Waals surface area contributed by atoms with Crippen molar-refractivity contribution < 1.29 is 14.6 Å². The number of carbonyl (C=O) groups is 1. The van der Waals surface area contributed by atoms with Gasteiger partial charge in [0.05, 0.1) is 12.2 Å². The highest BCUT2D eigenvalue weighted by molar-refractivity contribution is 5.89. The summed E-state index contributed by atoms with van der Waals surface area (Å²) in [5, 5.41) is 10.9. The van der Waals surface area contributed by atoms with Gasteiger partial charge in [-0.15, -0.1) is 0 Å². The molecule has 0 radical (unpaired) electrons. The Hall–Kier alpha value is -2.55. The summed E-state index contributed by atoms with van der Waals surface area (Å²) in [5.74, 6) is 2.77. The van der Waals surface area contributed by atoms with E-state index < -0.39 is 0 Å². The third kappa shape index (κ3) is 3.55. The van der Waals surface area contributed by atoms with Crippen molar-refractivity contribution in [3.05, 3.63) is 64.7 Å². The quantitative estimate of drug-likeness (QED) is 0.478. The molecule has 0 amide bonds. The molecule has 1 N–H and O–H groups in total. The van der Waals surface area contributed by atoms with Crippen LogP contribution < -0.4 is 0 Å². The zero-order valence-electron chi connectivity index (χ0n) is 17.6. The summed E-state index contributed by atoms with van der Waals surface area (Å²) < 4.78 is 5.02. The van der Waals surface area contributed by atoms with Crippen molar-refractivity contribution in [2.45, 2.75) is 50.9 Å². The number of phenolic OH excluding ortho intramolecular Hbond substituents is 1. The molecule has 0 atom stereocenters. The number of hydrogen-bond acceptors (Lipinski definition) is 3. The summed E-state index contributed by atoms with van der Waals surface area (Å²) in [6, 6.07) is 13.6. The summed E-state index contributed by atoms with van der Waals surface area (Å²) in [6.07, 6.45) is 12.0. The molecule has 3 heteroatoms. The first kappa shape index (κ1) is 19.4. The maximum Gasteiger partial charge on any atom is 0.338 e. The molecular weight excluding hydrogens is 372 g/mol. The highest BCUT2D eigenvalue weighted by Crippen LogP contribution is 2.61. The summed E-state index contributed by atoms with van der Waals surface area (Å²) >= 11 is 0. The lowest BCUT2D eigenvalue weighted by Gasteiger charge is -2.57. The molecule has 156 valence electrons. The fourth-order valence-corrected chi connectivity index (χ4v) is 6.68. The van der Waals surface area contributed by atoms with Crippen LogP contribution >= 0.6 is 0 Å². The molecule has 0 spiro atoms. The normalized spacial score (nSPS) is 29.4. The molecule has 0 unspecified atom stereocenters. The highest BCUT2D eigenvalue weighted by Gasteiger charge is 2.52. The summed E-state index contributed by atoms with van der Waals surface area (Å²) in [5.41, 5.74) is 3.96. The summed E-state index contributed by atoms with van der Waals surface area (Å²) in [4.78, 5) is 11.8. The molecule has 4 bridgehead atoms. The van der Waals surface area contributed by atoms with Crippen LogP contribution in [-0.4, -0.2) is 17.7 Å².